The molecule has 0 saturated carbocycles. The molecule has 0 rings (SSSR count). The predicted molar refractivity (Wildman–Crippen MR) is 54.7 cm³/mol. The molecular formula is C11H20O2. The Morgan fingerprint density at radius 2 is 2.08 bits per heavy atom. The highest BCUT2D eigenvalue weighted by atomic mass is 16.4. The molecule has 0 aliphatic heterocycles. The first-order valence-corrected chi connectivity index (χ1v) is 4.98. The monoisotopic (exact) mass is 184 g/mol. The minimum Gasteiger partial charge on any atom is -0.481 e. The summed E-state index contributed by atoms with van der Waals surface area (Å²) < 4.78 is 0. The third kappa shape index (κ3) is 4.11. The van der Waals surface area contributed by atoms with Crippen molar-refractivity contribution in [2.24, 2.45) is 5.41 Å². The van der Waals surface area contributed by atoms with Crippen LogP contribution in [0.1, 0.15) is 46.5 Å². The SMILES string of the molecule is CCCCC=CC(C)(CC)C(=O)O. The zero-order valence-corrected chi connectivity index (χ0v) is 8.84. The Hall–Kier alpha value is -0.790. The van der Waals surface area contributed by atoms with E-state index < -0.39 is 11.4 Å². The van der Waals surface area contributed by atoms with Crippen LogP contribution < -0.4 is 0 Å². The molecule has 0 aromatic carbocycles. The van der Waals surface area contributed by atoms with E-state index in [4.69, 9.17) is 5.11 Å². The topological polar surface area (TPSA) is 37.3 Å². The highest BCUT2D eigenvalue weighted by Crippen LogP contribution is 2.23. The van der Waals surface area contributed by atoms with Gasteiger partial charge in [-0.25, -0.2) is 0 Å². The van der Waals surface area contributed by atoms with E-state index in [0.717, 1.165) is 19.3 Å². The van der Waals surface area contributed by atoms with Crippen molar-refractivity contribution in [3.8, 4) is 0 Å². The molecule has 2 nitrogen and oxygen atoms in total. The second-order valence-corrected chi connectivity index (χ2v) is 3.62. The lowest BCUT2D eigenvalue weighted by Crippen LogP contribution is -2.23. The lowest BCUT2D eigenvalue weighted by Gasteiger charge is -2.17. The molecule has 13 heavy (non-hydrogen) atoms. The Kier molecular flexibility index (Phi) is 5.44. The first-order valence-electron chi connectivity index (χ1n) is 4.98. The number of carboxylic acid groups (broad SMARTS) is 1. The van der Waals surface area contributed by atoms with E-state index in [9.17, 15) is 4.79 Å². The van der Waals surface area contributed by atoms with Crippen molar-refractivity contribution in [3.63, 3.8) is 0 Å². The Balaban J connectivity index is 4.11. The van der Waals surface area contributed by atoms with Gasteiger partial charge in [0.25, 0.3) is 0 Å². The van der Waals surface area contributed by atoms with Gasteiger partial charge in [-0.2, -0.15) is 0 Å². The fourth-order valence-corrected chi connectivity index (χ4v) is 1.01. The number of carbonyl (C=O) groups is 1. The smallest absolute Gasteiger partial charge is 0.313 e. The Morgan fingerprint density at radius 1 is 1.46 bits per heavy atom. The summed E-state index contributed by atoms with van der Waals surface area (Å²) in [4.78, 5) is 10.9. The molecule has 0 heterocycles. The van der Waals surface area contributed by atoms with E-state index in [1.165, 1.54) is 0 Å². The molecule has 0 spiro atoms. The summed E-state index contributed by atoms with van der Waals surface area (Å²) >= 11 is 0. The summed E-state index contributed by atoms with van der Waals surface area (Å²) in [6, 6.07) is 0. The fourth-order valence-electron chi connectivity index (χ4n) is 1.01. The second kappa shape index (κ2) is 5.79. The van der Waals surface area contributed by atoms with E-state index in [2.05, 4.69) is 6.92 Å². The van der Waals surface area contributed by atoms with E-state index >= 15 is 0 Å². The largest absolute Gasteiger partial charge is 0.481 e. The Morgan fingerprint density at radius 3 is 2.46 bits per heavy atom. The zero-order valence-electron chi connectivity index (χ0n) is 8.84. The van der Waals surface area contributed by atoms with Crippen LogP contribution in [0.15, 0.2) is 12.2 Å². The second-order valence-electron chi connectivity index (χ2n) is 3.62. The molecule has 1 unspecified atom stereocenters. The van der Waals surface area contributed by atoms with Gasteiger partial charge in [-0.15, -0.1) is 0 Å². The van der Waals surface area contributed by atoms with Gasteiger partial charge in [-0.05, 0) is 19.8 Å². The molecule has 1 N–H and O–H groups in total. The van der Waals surface area contributed by atoms with Crippen LogP contribution in [-0.4, -0.2) is 11.1 Å². The quantitative estimate of drug-likeness (QED) is 0.508. The standard InChI is InChI=1S/C11H20O2/c1-4-6-7-8-9-11(3,5-2)10(12)13/h8-9H,4-7H2,1-3H3,(H,12,13). The first kappa shape index (κ1) is 12.2. The van der Waals surface area contributed by atoms with Gasteiger partial charge in [-0.1, -0.05) is 38.8 Å². The minimum absolute atomic E-state index is 0.644. The van der Waals surface area contributed by atoms with Crippen molar-refractivity contribution in [1.82, 2.24) is 0 Å². The summed E-state index contributed by atoms with van der Waals surface area (Å²) in [5.41, 5.74) is -0.673. The molecule has 0 aliphatic rings. The van der Waals surface area contributed by atoms with Gasteiger partial charge in [0.15, 0.2) is 0 Å². The summed E-state index contributed by atoms with van der Waals surface area (Å²) in [7, 11) is 0. The average molecular weight is 184 g/mol. The first-order chi connectivity index (χ1) is 6.06. The maximum absolute atomic E-state index is 10.9. The number of carboxylic acids is 1. The van der Waals surface area contributed by atoms with Crippen molar-refractivity contribution >= 4 is 5.97 Å². The van der Waals surface area contributed by atoms with Crippen LogP contribution in [0.5, 0.6) is 0 Å². The normalized spacial score (nSPS) is 15.9. The van der Waals surface area contributed by atoms with E-state index in [1.54, 1.807) is 6.92 Å². The molecule has 0 fully saturated rings. The van der Waals surface area contributed by atoms with Crippen molar-refractivity contribution in [2.45, 2.75) is 46.5 Å². The Labute approximate surface area is 80.7 Å². The molecule has 0 aliphatic carbocycles. The van der Waals surface area contributed by atoms with Gasteiger partial charge < -0.3 is 5.11 Å². The maximum Gasteiger partial charge on any atom is 0.313 e. The fraction of sp³-hybridized carbons (Fsp3) is 0.727. The summed E-state index contributed by atoms with van der Waals surface area (Å²) in [5.74, 6) is -0.734. The van der Waals surface area contributed by atoms with Crippen LogP contribution in [-0.2, 0) is 4.79 Å². The molecule has 76 valence electrons. The van der Waals surface area contributed by atoms with Crippen LogP contribution >= 0.6 is 0 Å². The number of hydrogen-bond acceptors (Lipinski definition) is 1. The zero-order chi connectivity index (χ0) is 10.3. The predicted octanol–water partition coefficient (Wildman–Crippen LogP) is 3.23. The lowest BCUT2D eigenvalue weighted by molar-refractivity contribution is -0.145. The minimum atomic E-state index is -0.734. The van der Waals surface area contributed by atoms with Crippen LogP contribution in [0.25, 0.3) is 0 Å². The van der Waals surface area contributed by atoms with E-state index in [-0.39, 0.29) is 0 Å². The number of aliphatic carboxylic acids is 1. The van der Waals surface area contributed by atoms with Crippen molar-refractivity contribution in [2.75, 3.05) is 0 Å². The van der Waals surface area contributed by atoms with Gasteiger partial charge in [0.1, 0.15) is 0 Å². The average Bonchev–Trinajstić information content (AvgIpc) is 2.12. The van der Waals surface area contributed by atoms with Crippen molar-refractivity contribution in [1.29, 1.82) is 0 Å². The molecule has 0 saturated heterocycles. The molecule has 2 heteroatoms. The molecule has 1 atom stereocenters. The highest BCUT2D eigenvalue weighted by Gasteiger charge is 2.27. The number of allylic oxidation sites excluding steroid dienone is 1. The van der Waals surface area contributed by atoms with Crippen LogP contribution in [0.4, 0.5) is 0 Å². The van der Waals surface area contributed by atoms with Gasteiger partial charge in [0, 0.05) is 0 Å². The number of unbranched alkanes of at least 4 members (excludes halogenated alkanes) is 2. The third-order valence-corrected chi connectivity index (χ3v) is 2.43. The molecule has 0 radical (unpaired) electrons. The lowest BCUT2D eigenvalue weighted by atomic mass is 9.87. The molecule has 0 bridgehead atoms. The van der Waals surface area contributed by atoms with Crippen molar-refractivity contribution in [3.05, 3.63) is 12.2 Å². The summed E-state index contributed by atoms with van der Waals surface area (Å²) in [6.45, 7) is 5.79. The van der Waals surface area contributed by atoms with Gasteiger partial charge in [-0.3, -0.25) is 4.79 Å². The van der Waals surface area contributed by atoms with Crippen LogP contribution in [0.2, 0.25) is 0 Å². The van der Waals surface area contributed by atoms with Crippen LogP contribution in [0, 0.1) is 5.41 Å². The van der Waals surface area contributed by atoms with E-state index in [0.29, 0.717) is 6.42 Å². The van der Waals surface area contributed by atoms with Crippen LogP contribution in [0.3, 0.4) is 0 Å². The third-order valence-electron chi connectivity index (χ3n) is 2.43. The number of hydrogen-bond donors (Lipinski definition) is 1. The van der Waals surface area contributed by atoms with Gasteiger partial charge >= 0.3 is 5.97 Å². The van der Waals surface area contributed by atoms with Gasteiger partial charge in [0.05, 0.1) is 5.41 Å². The maximum atomic E-state index is 10.9. The summed E-state index contributed by atoms with van der Waals surface area (Å²) in [6.07, 6.45) is 7.73. The Bertz CT molecular complexity index is 185. The molecule has 0 aromatic heterocycles. The van der Waals surface area contributed by atoms with Crippen molar-refractivity contribution < 1.29 is 9.90 Å². The summed E-state index contributed by atoms with van der Waals surface area (Å²) in [5, 5.41) is 8.94. The molecule has 0 amide bonds. The van der Waals surface area contributed by atoms with Gasteiger partial charge in [0.2, 0.25) is 0 Å². The number of rotatable bonds is 6. The molecular weight excluding hydrogens is 164 g/mol. The molecule has 0 aromatic rings. The van der Waals surface area contributed by atoms with E-state index in [1.807, 2.05) is 19.1 Å². The highest BCUT2D eigenvalue weighted by molar-refractivity contribution is 5.76.